The van der Waals surface area contributed by atoms with Crippen LogP contribution in [0.5, 0.6) is 17.2 Å². The minimum atomic E-state index is -0.435. The number of fused-ring (bicyclic) bond motifs is 1. The molecule has 0 saturated carbocycles. The molecule has 1 heterocycles. The highest BCUT2D eigenvalue weighted by Crippen LogP contribution is 2.42. The van der Waals surface area contributed by atoms with Gasteiger partial charge in [0.2, 0.25) is 0 Å². The first-order chi connectivity index (χ1) is 7.09. The zero-order chi connectivity index (χ0) is 11.0. The molecule has 2 aromatic rings. The molecule has 5 heteroatoms. The lowest BCUT2D eigenvalue weighted by Gasteiger charge is -2.03. The highest BCUT2D eigenvalue weighted by Gasteiger charge is 2.13. The molecule has 0 fully saturated rings. The molecular weight excluding hydrogens is 216 g/mol. The van der Waals surface area contributed by atoms with E-state index in [4.69, 9.17) is 4.74 Å². The first-order valence-corrected chi connectivity index (χ1v) is 5.08. The van der Waals surface area contributed by atoms with Gasteiger partial charge in [0.25, 0.3) is 0 Å². The van der Waals surface area contributed by atoms with Crippen molar-refractivity contribution >= 4 is 27.4 Å². The smallest absolute Gasteiger partial charge is 0.308 e. The van der Waals surface area contributed by atoms with E-state index in [1.54, 1.807) is 0 Å². The van der Waals surface area contributed by atoms with E-state index in [-0.39, 0.29) is 11.5 Å². The van der Waals surface area contributed by atoms with Crippen LogP contribution in [0.15, 0.2) is 17.5 Å². The Bertz CT molecular complexity index is 529. The number of carbonyl (C=O) groups excluding carboxylic acids is 1. The molecule has 0 radical (unpaired) electrons. The molecular formula is C10H8O4S. The summed E-state index contributed by atoms with van der Waals surface area (Å²) in [5.41, 5.74) is 0. The molecule has 78 valence electrons. The van der Waals surface area contributed by atoms with E-state index in [0.717, 1.165) is 0 Å². The quantitative estimate of drug-likeness (QED) is 0.575. The Morgan fingerprint density at radius 2 is 2.07 bits per heavy atom. The van der Waals surface area contributed by atoms with Crippen LogP contribution in [-0.2, 0) is 4.79 Å². The van der Waals surface area contributed by atoms with E-state index in [1.165, 1.54) is 35.8 Å². The molecule has 0 atom stereocenters. The first kappa shape index (κ1) is 9.79. The SMILES string of the molecule is CC(=O)Oc1ccc(O)c2c(O)csc12. The van der Waals surface area contributed by atoms with Crippen LogP contribution in [0, 0.1) is 0 Å². The number of esters is 1. The van der Waals surface area contributed by atoms with E-state index < -0.39 is 5.97 Å². The molecule has 2 N–H and O–H groups in total. The zero-order valence-corrected chi connectivity index (χ0v) is 8.67. The Labute approximate surface area is 89.3 Å². The largest absolute Gasteiger partial charge is 0.507 e. The van der Waals surface area contributed by atoms with Gasteiger partial charge in [0.1, 0.15) is 17.2 Å². The van der Waals surface area contributed by atoms with Crippen molar-refractivity contribution in [2.45, 2.75) is 6.92 Å². The molecule has 15 heavy (non-hydrogen) atoms. The molecule has 1 aromatic heterocycles. The summed E-state index contributed by atoms with van der Waals surface area (Å²) in [6.07, 6.45) is 0. The maximum atomic E-state index is 10.8. The highest BCUT2D eigenvalue weighted by molar-refractivity contribution is 7.18. The third-order valence-electron chi connectivity index (χ3n) is 1.90. The van der Waals surface area contributed by atoms with Crippen molar-refractivity contribution < 1.29 is 19.7 Å². The molecule has 2 rings (SSSR count). The molecule has 0 saturated heterocycles. The standard InChI is InChI=1S/C10H8O4S/c1-5(11)14-8-3-2-6(12)9-7(13)4-15-10(8)9/h2-4,12-13H,1H3. The maximum absolute atomic E-state index is 10.8. The third kappa shape index (κ3) is 1.61. The monoisotopic (exact) mass is 224 g/mol. The van der Waals surface area contributed by atoms with Crippen molar-refractivity contribution in [2.75, 3.05) is 0 Å². The van der Waals surface area contributed by atoms with E-state index in [0.29, 0.717) is 15.8 Å². The average molecular weight is 224 g/mol. The Morgan fingerprint density at radius 1 is 1.33 bits per heavy atom. The van der Waals surface area contributed by atoms with Crippen LogP contribution < -0.4 is 4.74 Å². The lowest BCUT2D eigenvalue weighted by Crippen LogP contribution is -2.00. The normalized spacial score (nSPS) is 10.5. The summed E-state index contributed by atoms with van der Waals surface area (Å²) >= 11 is 1.21. The predicted octanol–water partition coefficient (Wildman–Crippen LogP) is 2.24. The van der Waals surface area contributed by atoms with E-state index in [2.05, 4.69) is 0 Å². The van der Waals surface area contributed by atoms with Crippen LogP contribution in [0.3, 0.4) is 0 Å². The Hall–Kier alpha value is -1.75. The number of phenolic OH excluding ortho intramolecular Hbond substituents is 1. The van der Waals surface area contributed by atoms with Gasteiger partial charge in [-0.3, -0.25) is 4.79 Å². The zero-order valence-electron chi connectivity index (χ0n) is 7.85. The van der Waals surface area contributed by atoms with Crippen LogP contribution in [0.2, 0.25) is 0 Å². The summed E-state index contributed by atoms with van der Waals surface area (Å²) in [5, 5.41) is 20.8. The summed E-state index contributed by atoms with van der Waals surface area (Å²) in [5.74, 6) is -0.128. The number of phenols is 1. The minimum absolute atomic E-state index is 0.0125. The maximum Gasteiger partial charge on any atom is 0.308 e. The van der Waals surface area contributed by atoms with Crippen LogP contribution >= 0.6 is 11.3 Å². The van der Waals surface area contributed by atoms with Gasteiger partial charge in [-0.2, -0.15) is 0 Å². The van der Waals surface area contributed by atoms with Crippen molar-refractivity contribution in [3.8, 4) is 17.2 Å². The highest BCUT2D eigenvalue weighted by atomic mass is 32.1. The molecule has 0 unspecified atom stereocenters. The Morgan fingerprint density at radius 3 is 2.73 bits per heavy atom. The van der Waals surface area contributed by atoms with Gasteiger partial charge in [-0.15, -0.1) is 11.3 Å². The second kappa shape index (κ2) is 3.43. The minimum Gasteiger partial charge on any atom is -0.507 e. The van der Waals surface area contributed by atoms with Gasteiger partial charge in [-0.25, -0.2) is 0 Å². The molecule has 4 nitrogen and oxygen atoms in total. The summed E-state index contributed by atoms with van der Waals surface area (Å²) in [7, 11) is 0. The molecule has 0 aliphatic rings. The fourth-order valence-electron chi connectivity index (χ4n) is 1.33. The van der Waals surface area contributed by atoms with Gasteiger partial charge in [-0.1, -0.05) is 0 Å². The van der Waals surface area contributed by atoms with E-state index in [1.807, 2.05) is 0 Å². The van der Waals surface area contributed by atoms with Crippen molar-refractivity contribution in [1.29, 1.82) is 0 Å². The molecule has 0 amide bonds. The first-order valence-electron chi connectivity index (χ1n) is 4.20. The van der Waals surface area contributed by atoms with Crippen molar-refractivity contribution in [2.24, 2.45) is 0 Å². The van der Waals surface area contributed by atoms with Crippen LogP contribution in [0.1, 0.15) is 6.92 Å². The second-order valence-electron chi connectivity index (χ2n) is 3.00. The van der Waals surface area contributed by atoms with E-state index >= 15 is 0 Å². The summed E-state index contributed by atoms with van der Waals surface area (Å²) in [6, 6.07) is 2.88. The van der Waals surface area contributed by atoms with Gasteiger partial charge in [0, 0.05) is 12.3 Å². The number of rotatable bonds is 1. The van der Waals surface area contributed by atoms with Gasteiger partial charge in [-0.05, 0) is 12.1 Å². The van der Waals surface area contributed by atoms with Crippen molar-refractivity contribution in [3.05, 3.63) is 17.5 Å². The average Bonchev–Trinajstić information content (AvgIpc) is 2.53. The third-order valence-corrected chi connectivity index (χ3v) is 2.88. The molecule has 1 aromatic carbocycles. The summed E-state index contributed by atoms with van der Waals surface area (Å²) < 4.78 is 5.50. The lowest BCUT2D eigenvalue weighted by atomic mass is 10.2. The van der Waals surface area contributed by atoms with Gasteiger partial charge in [0.15, 0.2) is 0 Å². The molecule has 0 aliphatic heterocycles. The van der Waals surface area contributed by atoms with E-state index in [9.17, 15) is 15.0 Å². The fraction of sp³-hybridized carbons (Fsp3) is 0.100. The number of benzene rings is 1. The van der Waals surface area contributed by atoms with Crippen LogP contribution in [0.25, 0.3) is 10.1 Å². The number of aromatic hydroxyl groups is 2. The van der Waals surface area contributed by atoms with Crippen LogP contribution in [-0.4, -0.2) is 16.2 Å². The molecule has 0 bridgehead atoms. The summed E-state index contributed by atoms with van der Waals surface area (Å²) in [4.78, 5) is 10.8. The topological polar surface area (TPSA) is 66.8 Å². The number of hydrogen-bond donors (Lipinski definition) is 2. The number of hydrogen-bond acceptors (Lipinski definition) is 5. The molecule has 0 spiro atoms. The lowest BCUT2D eigenvalue weighted by molar-refractivity contribution is -0.131. The second-order valence-corrected chi connectivity index (χ2v) is 3.88. The van der Waals surface area contributed by atoms with Crippen LogP contribution in [0.4, 0.5) is 0 Å². The van der Waals surface area contributed by atoms with Gasteiger partial charge in [0.05, 0.1) is 10.1 Å². The predicted molar refractivity (Wildman–Crippen MR) is 56.5 cm³/mol. The van der Waals surface area contributed by atoms with Crippen molar-refractivity contribution in [3.63, 3.8) is 0 Å². The van der Waals surface area contributed by atoms with Gasteiger partial charge >= 0.3 is 5.97 Å². The Kier molecular flexibility index (Phi) is 2.24. The number of carbonyl (C=O) groups is 1. The fourth-order valence-corrected chi connectivity index (χ4v) is 2.23. The van der Waals surface area contributed by atoms with Crippen molar-refractivity contribution in [1.82, 2.24) is 0 Å². The van der Waals surface area contributed by atoms with Gasteiger partial charge < -0.3 is 14.9 Å². The number of ether oxygens (including phenoxy) is 1. The molecule has 0 aliphatic carbocycles. The summed E-state index contributed by atoms with van der Waals surface area (Å²) in [6.45, 7) is 1.30. The Balaban J connectivity index is 2.67. The number of thiophene rings is 1.